The van der Waals surface area contributed by atoms with Crippen molar-refractivity contribution >= 4 is 81.4 Å². The van der Waals surface area contributed by atoms with Gasteiger partial charge in [-0.25, -0.2) is 19.2 Å². The van der Waals surface area contributed by atoms with Crippen molar-refractivity contribution in [3.63, 3.8) is 0 Å². The highest BCUT2D eigenvalue weighted by atomic mass is 35.6. The zero-order chi connectivity index (χ0) is 40.0. The van der Waals surface area contributed by atoms with E-state index in [9.17, 15) is 32.8 Å². The molecule has 4 atom stereocenters. The third-order valence-electron chi connectivity index (χ3n) is 9.29. The number of hydrazine groups is 1. The van der Waals surface area contributed by atoms with E-state index >= 15 is 0 Å². The smallest absolute Gasteiger partial charge is 0.325 e. The van der Waals surface area contributed by atoms with Gasteiger partial charge in [-0.15, -0.1) is 0 Å². The molecule has 294 valence electrons. The predicted molar refractivity (Wildman–Crippen MR) is 200 cm³/mol. The number of rotatable bonds is 12. The molecule has 1 saturated carbocycles. The largest absolute Gasteiger partial charge is 0.460 e. The quantitative estimate of drug-likeness (QED) is 0.132. The normalized spacial score (nSPS) is 20.0. The molecule has 0 bridgehead atoms. The van der Waals surface area contributed by atoms with Gasteiger partial charge in [-0.05, 0) is 69.7 Å². The zero-order valence-electron chi connectivity index (χ0n) is 30.4. The van der Waals surface area contributed by atoms with Crippen LogP contribution in [0.2, 0.25) is 0 Å². The average molecular weight is 815 g/mol. The van der Waals surface area contributed by atoms with Crippen LogP contribution < -0.4 is 16.1 Å². The number of benzene rings is 1. The van der Waals surface area contributed by atoms with E-state index in [0.29, 0.717) is 29.6 Å². The molecule has 2 heterocycles. The third kappa shape index (κ3) is 11.6. The second-order valence-electron chi connectivity index (χ2n) is 13.8. The van der Waals surface area contributed by atoms with Crippen LogP contribution >= 0.6 is 34.8 Å². The number of hydrogen-bond donors (Lipinski definition) is 3. The molecule has 17 heteroatoms. The van der Waals surface area contributed by atoms with Crippen LogP contribution in [0.15, 0.2) is 48.6 Å². The van der Waals surface area contributed by atoms with Gasteiger partial charge in [0.1, 0.15) is 30.8 Å². The van der Waals surface area contributed by atoms with Crippen molar-refractivity contribution in [1.29, 1.82) is 0 Å². The number of nitrogens with zero attached hydrogens (tertiary/aromatic N) is 2. The topological polar surface area (TPSA) is 156 Å². The van der Waals surface area contributed by atoms with E-state index in [4.69, 9.17) is 44.3 Å². The van der Waals surface area contributed by atoms with Gasteiger partial charge in [0.15, 0.2) is 0 Å². The average Bonchev–Trinajstić information content (AvgIpc) is 3.11. The summed E-state index contributed by atoms with van der Waals surface area (Å²) in [5, 5.41) is 7.29. The molecule has 1 saturated heterocycles. The number of amides is 3. The van der Waals surface area contributed by atoms with E-state index in [2.05, 4.69) is 27.6 Å². The highest BCUT2D eigenvalue weighted by Crippen LogP contribution is 2.45. The van der Waals surface area contributed by atoms with Crippen LogP contribution in [-0.4, -0.2) is 80.6 Å². The Labute approximate surface area is 327 Å². The van der Waals surface area contributed by atoms with Crippen molar-refractivity contribution < 1.29 is 42.2 Å². The Bertz CT molecular complexity index is 1790. The van der Waals surface area contributed by atoms with E-state index < -0.39 is 88.5 Å². The molecule has 3 amide bonds. The highest BCUT2D eigenvalue weighted by Gasteiger charge is 2.47. The fourth-order valence-electron chi connectivity index (χ4n) is 6.22. The number of carbonyl (C=O) groups is 5. The van der Waals surface area contributed by atoms with Crippen LogP contribution in [0.4, 0.5) is 8.78 Å². The Hall–Kier alpha value is -3.85. The van der Waals surface area contributed by atoms with E-state index in [-0.39, 0.29) is 25.0 Å². The molecule has 2 aromatic rings. The number of hydrogen-bond acceptors (Lipinski definition) is 9. The molecule has 2 fully saturated rings. The van der Waals surface area contributed by atoms with Crippen LogP contribution in [0.1, 0.15) is 83.6 Å². The van der Waals surface area contributed by atoms with Gasteiger partial charge in [0.05, 0.1) is 16.6 Å². The Morgan fingerprint density at radius 3 is 2.37 bits per heavy atom. The van der Waals surface area contributed by atoms with Crippen molar-refractivity contribution in [2.24, 2.45) is 5.41 Å². The lowest BCUT2D eigenvalue weighted by molar-refractivity contribution is -0.153. The lowest BCUT2D eigenvalue weighted by Gasteiger charge is -2.38. The maximum atomic E-state index is 14.4. The number of nitrogens with one attached hydrogen (secondary N) is 3. The standard InChI is InChI=1S/C37H44Cl3F2N5O7/c1-21(2)30(31(49)43-22(3)32(50)47-18-6-7-28(46-47)33(51)53-20-37(38,39)40)45-34(52)35(14-16-36(41,42)17-15-35)13-12-25-8-9-26-10-11-27(44-29(26)19-25)23(4)54-24(5)48/h8-13,19,22-23,28,30,46H,1,6-7,14-18,20H2,2-5H3,(H,43,49)(H,45,52)/b13-12+/t22-,23+,28-,30-/m0/s1. The van der Waals surface area contributed by atoms with Gasteiger partial charge < -0.3 is 20.1 Å². The van der Waals surface area contributed by atoms with Crippen LogP contribution in [0.25, 0.3) is 17.0 Å². The van der Waals surface area contributed by atoms with Crippen LogP contribution in [0, 0.1) is 5.41 Å². The summed E-state index contributed by atoms with van der Waals surface area (Å²) in [5.41, 5.74) is 3.41. The number of pyridine rings is 1. The van der Waals surface area contributed by atoms with Gasteiger partial charge in [0.2, 0.25) is 21.5 Å². The lowest BCUT2D eigenvalue weighted by Crippen LogP contribution is -2.61. The second-order valence-corrected chi connectivity index (χ2v) is 16.3. The highest BCUT2D eigenvalue weighted by molar-refractivity contribution is 6.67. The first-order chi connectivity index (χ1) is 25.2. The maximum absolute atomic E-state index is 14.4. The summed E-state index contributed by atoms with van der Waals surface area (Å²) >= 11 is 17.0. The van der Waals surface area contributed by atoms with Crippen molar-refractivity contribution in [2.75, 3.05) is 13.2 Å². The molecule has 0 spiro atoms. The molecule has 12 nitrogen and oxygen atoms in total. The molecule has 1 aromatic heterocycles. The minimum atomic E-state index is -2.96. The van der Waals surface area contributed by atoms with E-state index in [1.165, 1.54) is 25.8 Å². The van der Waals surface area contributed by atoms with Crippen LogP contribution in [0.5, 0.6) is 0 Å². The number of aromatic nitrogens is 1. The van der Waals surface area contributed by atoms with Gasteiger partial charge in [0, 0.05) is 31.7 Å². The number of carbonyl (C=O) groups excluding carboxylic acids is 5. The van der Waals surface area contributed by atoms with Crippen molar-refractivity contribution in [2.45, 2.75) is 100 Å². The second kappa shape index (κ2) is 17.7. The summed E-state index contributed by atoms with van der Waals surface area (Å²) in [7, 11) is 0. The molecule has 1 aliphatic heterocycles. The van der Waals surface area contributed by atoms with Crippen molar-refractivity contribution in [3.8, 4) is 0 Å². The number of ether oxygens (including phenoxy) is 2. The van der Waals surface area contributed by atoms with E-state index in [1.54, 1.807) is 37.3 Å². The monoisotopic (exact) mass is 813 g/mol. The molecule has 54 heavy (non-hydrogen) atoms. The fraction of sp³-hybridized carbons (Fsp3) is 0.514. The molecular formula is C37H44Cl3F2N5O7. The van der Waals surface area contributed by atoms with Gasteiger partial charge in [-0.3, -0.25) is 29.0 Å². The Kier molecular flexibility index (Phi) is 14.1. The van der Waals surface area contributed by atoms with Crippen LogP contribution in [-0.2, 0) is 33.4 Å². The molecule has 1 aliphatic carbocycles. The summed E-state index contributed by atoms with van der Waals surface area (Å²) in [4.78, 5) is 69.4. The molecule has 3 N–H and O–H groups in total. The zero-order valence-corrected chi connectivity index (χ0v) is 32.6. The summed E-state index contributed by atoms with van der Waals surface area (Å²) in [6, 6.07) is 5.68. The van der Waals surface area contributed by atoms with Crippen molar-refractivity contribution in [3.05, 3.63) is 59.8 Å². The molecule has 0 radical (unpaired) electrons. The SMILES string of the molecule is C=C(C)[C@H](NC(=O)C1(/C=C/c2ccc3ccc([C@@H](C)OC(C)=O)nc3c2)CCC(F)(F)CC1)C(=O)N[C@@H](C)C(=O)N1CCC[C@@H](C(=O)OCC(Cl)(Cl)Cl)N1. The minimum Gasteiger partial charge on any atom is -0.460 e. The predicted octanol–water partition coefficient (Wildman–Crippen LogP) is 6.04. The van der Waals surface area contributed by atoms with Crippen LogP contribution in [0.3, 0.4) is 0 Å². The third-order valence-corrected chi connectivity index (χ3v) is 9.62. The molecular weight excluding hydrogens is 771 g/mol. The molecule has 4 rings (SSSR count). The maximum Gasteiger partial charge on any atom is 0.325 e. The van der Waals surface area contributed by atoms with Gasteiger partial charge in [0.25, 0.3) is 5.91 Å². The summed E-state index contributed by atoms with van der Waals surface area (Å²) in [6.07, 6.45) is 2.00. The van der Waals surface area contributed by atoms with Crippen molar-refractivity contribution in [1.82, 2.24) is 26.1 Å². The van der Waals surface area contributed by atoms with E-state index in [0.717, 1.165) is 5.39 Å². The summed E-state index contributed by atoms with van der Waals surface area (Å²) < 4.78 is 37.3. The number of halogens is 5. The van der Waals surface area contributed by atoms with E-state index in [1.807, 2.05) is 12.1 Å². The molecule has 0 unspecified atom stereocenters. The van der Waals surface area contributed by atoms with Gasteiger partial charge in [-0.1, -0.05) is 71.7 Å². The Morgan fingerprint density at radius 2 is 1.74 bits per heavy atom. The first-order valence-electron chi connectivity index (χ1n) is 17.4. The number of alkyl halides is 5. The molecule has 2 aliphatic rings. The van der Waals surface area contributed by atoms with Gasteiger partial charge >= 0.3 is 11.9 Å². The fourth-order valence-corrected chi connectivity index (χ4v) is 6.39. The lowest BCUT2D eigenvalue weighted by atomic mass is 9.71. The Morgan fingerprint density at radius 1 is 1.07 bits per heavy atom. The first-order valence-corrected chi connectivity index (χ1v) is 18.5. The number of esters is 2. The molecule has 1 aromatic carbocycles. The number of fused-ring (bicyclic) bond motifs is 1. The van der Waals surface area contributed by atoms with Gasteiger partial charge in [-0.2, -0.15) is 0 Å². The minimum absolute atomic E-state index is 0.191. The summed E-state index contributed by atoms with van der Waals surface area (Å²) in [6.45, 7) is 9.57. The Balaban J connectivity index is 1.48. The first kappa shape index (κ1) is 42.9. The summed E-state index contributed by atoms with van der Waals surface area (Å²) in [5.74, 6) is -6.08.